The van der Waals surface area contributed by atoms with Crippen molar-refractivity contribution in [1.29, 1.82) is 0 Å². The highest BCUT2D eigenvalue weighted by Crippen LogP contribution is 2.38. The van der Waals surface area contributed by atoms with E-state index in [9.17, 15) is 9.59 Å². The van der Waals surface area contributed by atoms with Crippen molar-refractivity contribution >= 4 is 11.7 Å². The van der Waals surface area contributed by atoms with Crippen LogP contribution in [0.4, 0.5) is 0 Å². The van der Waals surface area contributed by atoms with Crippen molar-refractivity contribution in [2.45, 2.75) is 53.5 Å². The average molecular weight is 277 g/mol. The van der Waals surface area contributed by atoms with Gasteiger partial charge in [0, 0.05) is 31.5 Å². The minimum Gasteiger partial charge on any atom is -0.455 e. The maximum atomic E-state index is 12.4. The molecule has 0 bridgehead atoms. The zero-order valence-corrected chi connectivity index (χ0v) is 13.2. The Bertz CT molecular complexity index is 567. The van der Waals surface area contributed by atoms with Crippen LogP contribution >= 0.6 is 0 Å². The molecule has 0 saturated heterocycles. The maximum absolute atomic E-state index is 12.4. The van der Waals surface area contributed by atoms with E-state index in [2.05, 4.69) is 0 Å². The lowest BCUT2D eigenvalue weighted by molar-refractivity contribution is 0.0716. The van der Waals surface area contributed by atoms with E-state index < -0.39 is 0 Å². The van der Waals surface area contributed by atoms with Crippen LogP contribution in [0.15, 0.2) is 4.42 Å². The Morgan fingerprint density at radius 3 is 2.45 bits per heavy atom. The summed E-state index contributed by atoms with van der Waals surface area (Å²) in [6, 6.07) is 0.0937. The Hall–Kier alpha value is -1.58. The fraction of sp³-hybridized carbons (Fsp3) is 0.625. The van der Waals surface area contributed by atoms with Gasteiger partial charge in [-0.2, -0.15) is 0 Å². The van der Waals surface area contributed by atoms with E-state index in [1.165, 1.54) is 0 Å². The van der Waals surface area contributed by atoms with Gasteiger partial charge in [-0.1, -0.05) is 13.8 Å². The number of Topliss-reactive ketones (excluding diaryl/α,β-unsaturated/α-hetero) is 1. The fourth-order valence-electron chi connectivity index (χ4n) is 2.68. The van der Waals surface area contributed by atoms with Gasteiger partial charge in [-0.3, -0.25) is 9.59 Å². The second kappa shape index (κ2) is 4.76. The van der Waals surface area contributed by atoms with Crippen LogP contribution in [-0.2, 0) is 6.42 Å². The second-order valence-electron chi connectivity index (χ2n) is 6.81. The van der Waals surface area contributed by atoms with Gasteiger partial charge in [-0.05, 0) is 26.2 Å². The molecule has 4 nitrogen and oxygen atoms in total. The SMILES string of the molecule is Cc1c(C(=O)N(C)C(C)C)oc2c1C(=O)CC(C)(C)C2. The third kappa shape index (κ3) is 2.39. The van der Waals surface area contributed by atoms with Crippen LogP contribution < -0.4 is 0 Å². The van der Waals surface area contributed by atoms with Gasteiger partial charge in [0.05, 0.1) is 5.56 Å². The highest BCUT2D eigenvalue weighted by molar-refractivity contribution is 6.03. The molecule has 0 saturated carbocycles. The van der Waals surface area contributed by atoms with Crippen molar-refractivity contribution in [2.75, 3.05) is 7.05 Å². The molecular weight excluding hydrogens is 254 g/mol. The summed E-state index contributed by atoms with van der Waals surface area (Å²) < 4.78 is 5.76. The molecule has 1 aliphatic rings. The molecule has 0 N–H and O–H groups in total. The number of hydrogen-bond acceptors (Lipinski definition) is 3. The van der Waals surface area contributed by atoms with Crippen molar-refractivity contribution in [3.05, 3.63) is 22.6 Å². The van der Waals surface area contributed by atoms with Crippen molar-refractivity contribution < 1.29 is 14.0 Å². The third-order valence-corrected chi connectivity index (χ3v) is 4.07. The summed E-state index contributed by atoms with van der Waals surface area (Å²) in [6.07, 6.45) is 1.21. The zero-order chi connectivity index (χ0) is 15.2. The van der Waals surface area contributed by atoms with Gasteiger partial charge in [0.15, 0.2) is 11.5 Å². The summed E-state index contributed by atoms with van der Waals surface area (Å²) in [5.41, 5.74) is 1.22. The first kappa shape index (κ1) is 14.8. The number of carbonyl (C=O) groups is 2. The fourth-order valence-corrected chi connectivity index (χ4v) is 2.68. The first-order valence-electron chi connectivity index (χ1n) is 7.06. The van der Waals surface area contributed by atoms with E-state index in [0.29, 0.717) is 35.5 Å². The maximum Gasteiger partial charge on any atom is 0.289 e. The van der Waals surface area contributed by atoms with Crippen LogP contribution in [0, 0.1) is 12.3 Å². The minimum absolute atomic E-state index is 0.0868. The normalized spacial score (nSPS) is 17.2. The number of rotatable bonds is 2. The largest absolute Gasteiger partial charge is 0.455 e. The lowest BCUT2D eigenvalue weighted by Gasteiger charge is -2.27. The lowest BCUT2D eigenvalue weighted by atomic mass is 9.76. The van der Waals surface area contributed by atoms with Crippen molar-refractivity contribution in [3.8, 4) is 0 Å². The molecule has 1 aromatic heterocycles. The number of ketones is 1. The number of nitrogens with zero attached hydrogens (tertiary/aromatic N) is 1. The Labute approximate surface area is 120 Å². The molecule has 0 fully saturated rings. The molecule has 0 unspecified atom stereocenters. The summed E-state index contributed by atoms with van der Waals surface area (Å²) in [6.45, 7) is 9.80. The molecule has 0 radical (unpaired) electrons. The predicted octanol–water partition coefficient (Wildman–Crippen LogP) is 3.22. The molecule has 0 atom stereocenters. The van der Waals surface area contributed by atoms with Gasteiger partial charge in [-0.15, -0.1) is 0 Å². The van der Waals surface area contributed by atoms with Crippen LogP contribution in [-0.4, -0.2) is 29.7 Å². The van der Waals surface area contributed by atoms with Crippen molar-refractivity contribution in [2.24, 2.45) is 5.41 Å². The van der Waals surface area contributed by atoms with E-state index in [0.717, 1.165) is 0 Å². The minimum atomic E-state index is -0.155. The van der Waals surface area contributed by atoms with Crippen molar-refractivity contribution in [1.82, 2.24) is 4.90 Å². The number of fused-ring (bicyclic) bond motifs is 1. The first-order chi connectivity index (χ1) is 9.14. The van der Waals surface area contributed by atoms with Gasteiger partial charge in [-0.25, -0.2) is 0 Å². The average Bonchev–Trinajstić information content (AvgIpc) is 2.62. The van der Waals surface area contributed by atoms with Crippen molar-refractivity contribution in [3.63, 3.8) is 0 Å². The first-order valence-corrected chi connectivity index (χ1v) is 7.06. The van der Waals surface area contributed by atoms with Gasteiger partial charge in [0.2, 0.25) is 0 Å². The van der Waals surface area contributed by atoms with Gasteiger partial charge in [0.1, 0.15) is 5.76 Å². The Balaban J connectivity index is 2.45. The molecule has 110 valence electrons. The highest BCUT2D eigenvalue weighted by Gasteiger charge is 2.37. The molecule has 1 aromatic rings. The van der Waals surface area contributed by atoms with Gasteiger partial charge in [0.25, 0.3) is 5.91 Å². The molecule has 0 spiro atoms. The standard InChI is InChI=1S/C16H23NO3/c1-9(2)17(6)15(19)14-10(3)13-11(18)7-16(4,5)8-12(13)20-14/h9H,7-8H2,1-6H3. The van der Waals surface area contributed by atoms with Crippen LogP contribution in [0.1, 0.15) is 66.4 Å². The summed E-state index contributed by atoms with van der Waals surface area (Å²) in [5, 5.41) is 0. The number of hydrogen-bond donors (Lipinski definition) is 0. The van der Waals surface area contributed by atoms with E-state index in [1.807, 2.05) is 27.7 Å². The van der Waals surface area contributed by atoms with Gasteiger partial charge < -0.3 is 9.32 Å². The Morgan fingerprint density at radius 1 is 1.30 bits per heavy atom. The smallest absolute Gasteiger partial charge is 0.289 e. The summed E-state index contributed by atoms with van der Waals surface area (Å²) in [5.74, 6) is 0.919. The molecule has 0 aliphatic heterocycles. The zero-order valence-electron chi connectivity index (χ0n) is 13.2. The van der Waals surface area contributed by atoms with Gasteiger partial charge >= 0.3 is 0 Å². The Kier molecular flexibility index (Phi) is 3.53. The number of amides is 1. The van der Waals surface area contributed by atoms with E-state index in [-0.39, 0.29) is 23.1 Å². The second-order valence-corrected chi connectivity index (χ2v) is 6.81. The molecule has 1 amide bonds. The van der Waals surface area contributed by atoms with Crippen LogP contribution in [0.25, 0.3) is 0 Å². The Morgan fingerprint density at radius 2 is 1.90 bits per heavy atom. The van der Waals surface area contributed by atoms with E-state index in [1.54, 1.807) is 18.9 Å². The molecule has 0 aromatic carbocycles. The van der Waals surface area contributed by atoms with Crippen LogP contribution in [0.2, 0.25) is 0 Å². The molecule has 1 heterocycles. The quantitative estimate of drug-likeness (QED) is 0.834. The van der Waals surface area contributed by atoms with E-state index in [4.69, 9.17) is 4.42 Å². The van der Waals surface area contributed by atoms with Crippen LogP contribution in [0.3, 0.4) is 0 Å². The monoisotopic (exact) mass is 277 g/mol. The molecular formula is C16H23NO3. The van der Waals surface area contributed by atoms with Crippen LogP contribution in [0.5, 0.6) is 0 Å². The molecule has 4 heteroatoms. The molecule has 1 aliphatic carbocycles. The molecule has 2 rings (SSSR count). The van der Waals surface area contributed by atoms with E-state index >= 15 is 0 Å². The third-order valence-electron chi connectivity index (χ3n) is 4.07. The summed E-state index contributed by atoms with van der Waals surface area (Å²) >= 11 is 0. The predicted molar refractivity (Wildman–Crippen MR) is 77.1 cm³/mol. The summed E-state index contributed by atoms with van der Waals surface area (Å²) in [4.78, 5) is 26.3. The number of furan rings is 1. The summed E-state index contributed by atoms with van der Waals surface area (Å²) in [7, 11) is 1.75. The lowest BCUT2D eigenvalue weighted by Crippen LogP contribution is -2.33. The number of carbonyl (C=O) groups excluding carboxylic acids is 2. The molecule has 20 heavy (non-hydrogen) atoms. The topological polar surface area (TPSA) is 50.5 Å². The highest BCUT2D eigenvalue weighted by atomic mass is 16.4.